The van der Waals surface area contributed by atoms with Crippen molar-refractivity contribution in [2.45, 2.75) is 40.7 Å². The fourth-order valence-electron chi connectivity index (χ4n) is 3.78. The summed E-state index contributed by atoms with van der Waals surface area (Å²) in [4.78, 5) is 17.6. The van der Waals surface area contributed by atoms with Gasteiger partial charge in [0, 0.05) is 23.8 Å². The van der Waals surface area contributed by atoms with E-state index in [0.717, 1.165) is 51.3 Å². The summed E-state index contributed by atoms with van der Waals surface area (Å²) in [5.41, 5.74) is 5.80. The molecule has 0 radical (unpaired) electrons. The first-order valence-corrected chi connectivity index (χ1v) is 9.84. The Balaban J connectivity index is 1.73. The molecule has 0 aliphatic heterocycles. The molecule has 0 unspecified atom stereocenters. The number of pyridine rings is 1. The Morgan fingerprint density at radius 3 is 2.55 bits per heavy atom. The van der Waals surface area contributed by atoms with E-state index in [0.29, 0.717) is 0 Å². The van der Waals surface area contributed by atoms with Crippen LogP contribution in [0.1, 0.15) is 29.3 Å². The van der Waals surface area contributed by atoms with E-state index in [2.05, 4.69) is 24.1 Å². The molecule has 3 aromatic heterocycles. The highest BCUT2D eigenvalue weighted by Gasteiger charge is 2.18. The molecule has 0 saturated carbocycles. The molecule has 29 heavy (non-hydrogen) atoms. The van der Waals surface area contributed by atoms with Gasteiger partial charge in [0.25, 0.3) is 0 Å². The minimum absolute atomic E-state index is 0.102. The van der Waals surface area contributed by atoms with Crippen molar-refractivity contribution in [2.75, 3.05) is 5.32 Å². The summed E-state index contributed by atoms with van der Waals surface area (Å²) in [6.45, 7) is 8.21. The maximum Gasteiger partial charge on any atom is 0.246 e. The summed E-state index contributed by atoms with van der Waals surface area (Å²) in [5, 5.41) is 8.78. The summed E-state index contributed by atoms with van der Waals surface area (Å²) >= 11 is 0. The van der Waals surface area contributed by atoms with Crippen molar-refractivity contribution in [2.24, 2.45) is 0 Å². The SMILES string of the molecule is CCc1cccc(C)c1NC(=O)Cn1nc(-n2cccc2)c2c(C)cc(C)nc21. The molecule has 1 amide bonds. The van der Waals surface area contributed by atoms with Crippen LogP contribution in [0.3, 0.4) is 0 Å². The predicted molar refractivity (Wildman–Crippen MR) is 116 cm³/mol. The van der Waals surface area contributed by atoms with Gasteiger partial charge in [0.1, 0.15) is 6.54 Å². The third-order valence-electron chi connectivity index (χ3n) is 5.16. The first-order chi connectivity index (χ1) is 14.0. The van der Waals surface area contributed by atoms with Gasteiger partial charge in [0.2, 0.25) is 5.91 Å². The molecule has 0 spiro atoms. The topological polar surface area (TPSA) is 64.7 Å². The van der Waals surface area contributed by atoms with Crippen molar-refractivity contribution < 1.29 is 4.79 Å². The highest BCUT2D eigenvalue weighted by molar-refractivity contribution is 5.94. The monoisotopic (exact) mass is 387 g/mol. The number of nitrogens with one attached hydrogen (secondary N) is 1. The van der Waals surface area contributed by atoms with E-state index in [4.69, 9.17) is 5.10 Å². The molecule has 6 nitrogen and oxygen atoms in total. The van der Waals surface area contributed by atoms with E-state index in [-0.39, 0.29) is 12.5 Å². The lowest BCUT2D eigenvalue weighted by Crippen LogP contribution is -2.21. The van der Waals surface area contributed by atoms with Crippen LogP contribution in [0.4, 0.5) is 5.69 Å². The van der Waals surface area contributed by atoms with Gasteiger partial charge in [-0.15, -0.1) is 0 Å². The zero-order valence-electron chi connectivity index (χ0n) is 17.2. The highest BCUT2D eigenvalue weighted by atomic mass is 16.2. The molecule has 4 aromatic rings. The molecule has 0 bridgehead atoms. The summed E-state index contributed by atoms with van der Waals surface area (Å²) in [6, 6.07) is 12.0. The van der Waals surface area contributed by atoms with Crippen LogP contribution in [0.2, 0.25) is 0 Å². The molecule has 0 aliphatic carbocycles. The largest absolute Gasteiger partial charge is 0.324 e. The second-order valence-electron chi connectivity index (χ2n) is 7.36. The Morgan fingerprint density at radius 2 is 1.83 bits per heavy atom. The van der Waals surface area contributed by atoms with Gasteiger partial charge in [-0.05, 0) is 62.1 Å². The maximum absolute atomic E-state index is 12.9. The van der Waals surface area contributed by atoms with Gasteiger partial charge in [-0.3, -0.25) is 4.79 Å². The van der Waals surface area contributed by atoms with Crippen molar-refractivity contribution in [3.8, 4) is 5.82 Å². The molecule has 4 rings (SSSR count). The molecule has 0 aliphatic rings. The lowest BCUT2D eigenvalue weighted by Gasteiger charge is -2.13. The van der Waals surface area contributed by atoms with Crippen LogP contribution >= 0.6 is 0 Å². The summed E-state index contributed by atoms with van der Waals surface area (Å²) in [7, 11) is 0. The van der Waals surface area contributed by atoms with Gasteiger partial charge in [0.15, 0.2) is 11.5 Å². The molecule has 0 saturated heterocycles. The first-order valence-electron chi connectivity index (χ1n) is 9.84. The van der Waals surface area contributed by atoms with Crippen molar-refractivity contribution >= 4 is 22.6 Å². The lowest BCUT2D eigenvalue weighted by molar-refractivity contribution is -0.116. The number of carbonyl (C=O) groups is 1. The summed E-state index contributed by atoms with van der Waals surface area (Å²) in [6.07, 6.45) is 4.76. The number of hydrogen-bond donors (Lipinski definition) is 1. The van der Waals surface area contributed by atoms with Crippen molar-refractivity contribution in [1.29, 1.82) is 0 Å². The van der Waals surface area contributed by atoms with Crippen LogP contribution in [0.5, 0.6) is 0 Å². The number of aryl methyl sites for hydroxylation is 4. The number of hydrogen-bond acceptors (Lipinski definition) is 3. The number of benzene rings is 1. The fourth-order valence-corrected chi connectivity index (χ4v) is 3.78. The maximum atomic E-state index is 12.9. The smallest absolute Gasteiger partial charge is 0.246 e. The van der Waals surface area contributed by atoms with Gasteiger partial charge >= 0.3 is 0 Å². The highest BCUT2D eigenvalue weighted by Crippen LogP contribution is 2.26. The molecular formula is C23H25N5O. The molecule has 3 heterocycles. The average molecular weight is 387 g/mol. The Bertz CT molecular complexity index is 1190. The second kappa shape index (κ2) is 7.54. The Hall–Kier alpha value is -3.41. The Morgan fingerprint density at radius 1 is 1.07 bits per heavy atom. The number of aromatic nitrogens is 4. The third kappa shape index (κ3) is 3.53. The van der Waals surface area contributed by atoms with Crippen LogP contribution in [0.25, 0.3) is 16.9 Å². The van der Waals surface area contributed by atoms with E-state index in [9.17, 15) is 4.79 Å². The molecule has 148 valence electrons. The van der Waals surface area contributed by atoms with Crippen molar-refractivity contribution in [1.82, 2.24) is 19.3 Å². The zero-order chi connectivity index (χ0) is 20.5. The van der Waals surface area contributed by atoms with E-state index in [1.165, 1.54) is 0 Å². The van der Waals surface area contributed by atoms with Gasteiger partial charge in [-0.25, -0.2) is 9.67 Å². The van der Waals surface area contributed by atoms with E-state index in [1.54, 1.807) is 4.68 Å². The number of carbonyl (C=O) groups excluding carboxylic acids is 1. The number of rotatable bonds is 5. The van der Waals surface area contributed by atoms with Crippen LogP contribution in [-0.2, 0) is 17.8 Å². The molecular weight excluding hydrogens is 362 g/mol. The standard InChI is InChI=1S/C23H25N5O/c1-5-18-10-8-9-15(2)21(18)25-19(29)14-28-22-20(16(3)13-17(4)24-22)23(26-28)27-11-6-7-12-27/h6-13H,5,14H2,1-4H3,(H,25,29). The van der Waals surface area contributed by atoms with Gasteiger partial charge in [-0.1, -0.05) is 25.1 Å². The Labute approximate surface area is 170 Å². The Kier molecular flexibility index (Phi) is 4.92. The first kappa shape index (κ1) is 18.9. The number of fused-ring (bicyclic) bond motifs is 1. The van der Waals surface area contributed by atoms with Gasteiger partial charge < -0.3 is 9.88 Å². The number of amides is 1. The van der Waals surface area contributed by atoms with Crippen molar-refractivity contribution in [3.63, 3.8) is 0 Å². The zero-order valence-corrected chi connectivity index (χ0v) is 17.2. The van der Waals surface area contributed by atoms with Crippen LogP contribution in [0.15, 0.2) is 48.8 Å². The average Bonchev–Trinajstić information content (AvgIpc) is 3.32. The lowest BCUT2D eigenvalue weighted by atomic mass is 10.1. The fraction of sp³-hybridized carbons (Fsp3) is 0.261. The van der Waals surface area contributed by atoms with E-state index < -0.39 is 0 Å². The van der Waals surface area contributed by atoms with Crippen LogP contribution < -0.4 is 5.32 Å². The number of para-hydroxylation sites is 1. The summed E-state index contributed by atoms with van der Waals surface area (Å²) in [5.74, 6) is 0.673. The minimum Gasteiger partial charge on any atom is -0.324 e. The normalized spacial score (nSPS) is 11.2. The molecule has 1 N–H and O–H groups in total. The van der Waals surface area contributed by atoms with Gasteiger partial charge in [-0.2, -0.15) is 5.10 Å². The molecule has 0 fully saturated rings. The van der Waals surface area contributed by atoms with E-state index in [1.807, 2.05) is 67.2 Å². The van der Waals surface area contributed by atoms with Crippen LogP contribution in [-0.4, -0.2) is 25.2 Å². The van der Waals surface area contributed by atoms with Gasteiger partial charge in [0.05, 0.1) is 5.39 Å². The quantitative estimate of drug-likeness (QED) is 0.554. The predicted octanol–water partition coefficient (Wildman–Crippen LogP) is 4.35. The number of anilines is 1. The molecule has 6 heteroatoms. The van der Waals surface area contributed by atoms with E-state index >= 15 is 0 Å². The van der Waals surface area contributed by atoms with Crippen LogP contribution in [0, 0.1) is 20.8 Å². The summed E-state index contributed by atoms with van der Waals surface area (Å²) < 4.78 is 3.65. The molecule has 0 atom stereocenters. The second-order valence-corrected chi connectivity index (χ2v) is 7.36. The number of nitrogens with zero attached hydrogens (tertiary/aromatic N) is 4. The minimum atomic E-state index is -0.113. The van der Waals surface area contributed by atoms with Crippen molar-refractivity contribution in [3.05, 3.63) is 71.2 Å². The third-order valence-corrected chi connectivity index (χ3v) is 5.16. The molecule has 1 aromatic carbocycles.